The van der Waals surface area contributed by atoms with Crippen molar-refractivity contribution in [2.24, 2.45) is 0 Å². The van der Waals surface area contributed by atoms with Gasteiger partial charge in [0.1, 0.15) is 17.2 Å². The number of aryl methyl sites for hydroxylation is 1. The van der Waals surface area contributed by atoms with E-state index >= 15 is 0 Å². The fraction of sp³-hybridized carbons (Fsp3) is 0.214. The number of nitrogens with zero attached hydrogens (tertiary/aromatic N) is 3. The summed E-state index contributed by atoms with van der Waals surface area (Å²) < 4.78 is 0. The standard InChI is InChI=1S/C14H15N5S/c1-8-6-16-14(20-8)9(2)19-13-11-5-10(15)3-4-12(11)17-7-18-13/h3-7,9H,15H2,1-2H3,(H,17,18,19). The molecular weight excluding hydrogens is 270 g/mol. The number of fused-ring (bicyclic) bond motifs is 1. The zero-order valence-electron chi connectivity index (χ0n) is 11.3. The highest BCUT2D eigenvalue weighted by molar-refractivity contribution is 7.11. The lowest BCUT2D eigenvalue weighted by Gasteiger charge is -2.13. The third-order valence-electron chi connectivity index (χ3n) is 3.02. The van der Waals surface area contributed by atoms with Crippen LogP contribution in [0, 0.1) is 6.92 Å². The minimum absolute atomic E-state index is 0.0910. The molecule has 1 unspecified atom stereocenters. The maximum absolute atomic E-state index is 5.84. The fourth-order valence-electron chi connectivity index (χ4n) is 2.03. The average molecular weight is 285 g/mol. The second kappa shape index (κ2) is 5.05. The molecule has 3 rings (SSSR count). The molecule has 102 valence electrons. The number of benzene rings is 1. The molecular formula is C14H15N5S. The van der Waals surface area contributed by atoms with Gasteiger partial charge in [0, 0.05) is 22.1 Å². The van der Waals surface area contributed by atoms with Crippen LogP contribution in [0.2, 0.25) is 0 Å². The third-order valence-corrected chi connectivity index (χ3v) is 4.12. The minimum atomic E-state index is 0.0910. The number of nitrogen functional groups attached to an aromatic ring is 1. The Kier molecular flexibility index (Phi) is 3.23. The minimum Gasteiger partial charge on any atom is -0.399 e. The Morgan fingerprint density at radius 2 is 2.10 bits per heavy atom. The van der Waals surface area contributed by atoms with Gasteiger partial charge in [-0.25, -0.2) is 15.0 Å². The number of anilines is 2. The van der Waals surface area contributed by atoms with E-state index in [1.165, 1.54) is 4.88 Å². The van der Waals surface area contributed by atoms with E-state index in [1.54, 1.807) is 17.7 Å². The van der Waals surface area contributed by atoms with E-state index in [0.29, 0.717) is 5.69 Å². The topological polar surface area (TPSA) is 76.7 Å². The molecule has 3 aromatic rings. The van der Waals surface area contributed by atoms with Crippen LogP contribution in [0.3, 0.4) is 0 Å². The van der Waals surface area contributed by atoms with E-state index in [9.17, 15) is 0 Å². The molecule has 5 nitrogen and oxygen atoms in total. The molecule has 0 radical (unpaired) electrons. The number of nitrogens with two attached hydrogens (primary N) is 1. The molecule has 0 aliphatic heterocycles. The summed E-state index contributed by atoms with van der Waals surface area (Å²) in [5.41, 5.74) is 7.42. The predicted octanol–water partition coefficient (Wildman–Crippen LogP) is 3.15. The normalized spacial score (nSPS) is 12.5. The molecule has 3 N–H and O–H groups in total. The van der Waals surface area contributed by atoms with Crippen molar-refractivity contribution in [3.8, 4) is 0 Å². The van der Waals surface area contributed by atoms with Crippen LogP contribution in [0.4, 0.5) is 11.5 Å². The van der Waals surface area contributed by atoms with Gasteiger partial charge in [0.25, 0.3) is 0 Å². The van der Waals surface area contributed by atoms with Crippen LogP contribution in [0.15, 0.2) is 30.7 Å². The number of rotatable bonds is 3. The fourth-order valence-corrected chi connectivity index (χ4v) is 2.80. The van der Waals surface area contributed by atoms with Crippen molar-refractivity contribution in [2.45, 2.75) is 19.9 Å². The van der Waals surface area contributed by atoms with Gasteiger partial charge < -0.3 is 11.1 Å². The Bertz CT molecular complexity index is 752. The number of hydrogen-bond donors (Lipinski definition) is 2. The van der Waals surface area contributed by atoms with Gasteiger partial charge in [-0.2, -0.15) is 0 Å². The highest BCUT2D eigenvalue weighted by atomic mass is 32.1. The lowest BCUT2D eigenvalue weighted by Crippen LogP contribution is -2.08. The smallest absolute Gasteiger partial charge is 0.137 e. The SMILES string of the molecule is Cc1cnc(C(C)Nc2ncnc3ccc(N)cc23)s1. The molecule has 2 aromatic heterocycles. The highest BCUT2D eigenvalue weighted by Crippen LogP contribution is 2.27. The maximum atomic E-state index is 5.84. The Balaban J connectivity index is 1.96. The van der Waals surface area contributed by atoms with E-state index in [2.05, 4.69) is 34.1 Å². The first-order valence-electron chi connectivity index (χ1n) is 6.32. The van der Waals surface area contributed by atoms with Crippen LogP contribution in [-0.4, -0.2) is 15.0 Å². The van der Waals surface area contributed by atoms with Crippen molar-refractivity contribution in [1.29, 1.82) is 0 Å². The van der Waals surface area contributed by atoms with Crippen LogP contribution >= 0.6 is 11.3 Å². The first-order valence-corrected chi connectivity index (χ1v) is 7.14. The molecule has 1 aromatic carbocycles. The molecule has 6 heteroatoms. The zero-order chi connectivity index (χ0) is 14.1. The van der Waals surface area contributed by atoms with Crippen LogP contribution in [-0.2, 0) is 0 Å². The van der Waals surface area contributed by atoms with Crippen molar-refractivity contribution >= 4 is 33.7 Å². The number of hydrogen-bond acceptors (Lipinski definition) is 6. The molecule has 0 aliphatic carbocycles. The van der Waals surface area contributed by atoms with Gasteiger partial charge in [-0.15, -0.1) is 11.3 Å². The Morgan fingerprint density at radius 1 is 1.25 bits per heavy atom. The molecule has 20 heavy (non-hydrogen) atoms. The van der Waals surface area contributed by atoms with Crippen molar-refractivity contribution in [3.05, 3.63) is 40.6 Å². The third kappa shape index (κ3) is 2.42. The second-order valence-corrected chi connectivity index (χ2v) is 5.94. The molecule has 0 saturated carbocycles. The number of aromatic nitrogens is 3. The highest BCUT2D eigenvalue weighted by Gasteiger charge is 2.12. The second-order valence-electron chi connectivity index (χ2n) is 4.67. The summed E-state index contributed by atoms with van der Waals surface area (Å²) >= 11 is 1.68. The summed E-state index contributed by atoms with van der Waals surface area (Å²) in [6.45, 7) is 4.12. The number of nitrogens with one attached hydrogen (secondary N) is 1. The van der Waals surface area contributed by atoms with Gasteiger partial charge in [0.15, 0.2) is 0 Å². The molecule has 2 heterocycles. The van der Waals surface area contributed by atoms with Gasteiger partial charge in [0.2, 0.25) is 0 Å². The molecule has 0 spiro atoms. The molecule has 0 bridgehead atoms. The molecule has 0 fully saturated rings. The summed E-state index contributed by atoms with van der Waals surface area (Å²) in [5.74, 6) is 0.780. The lowest BCUT2D eigenvalue weighted by atomic mass is 10.2. The van der Waals surface area contributed by atoms with Crippen LogP contribution < -0.4 is 11.1 Å². The largest absolute Gasteiger partial charge is 0.399 e. The van der Waals surface area contributed by atoms with Gasteiger partial charge in [-0.3, -0.25) is 0 Å². The molecule has 0 amide bonds. The van der Waals surface area contributed by atoms with E-state index in [0.717, 1.165) is 21.7 Å². The Labute approximate surface area is 120 Å². The van der Waals surface area contributed by atoms with Crippen molar-refractivity contribution in [2.75, 3.05) is 11.1 Å². The van der Waals surface area contributed by atoms with Crippen LogP contribution in [0.1, 0.15) is 22.9 Å². The lowest BCUT2D eigenvalue weighted by molar-refractivity contribution is 0.862. The summed E-state index contributed by atoms with van der Waals surface area (Å²) in [7, 11) is 0. The quantitative estimate of drug-likeness (QED) is 0.723. The van der Waals surface area contributed by atoms with Gasteiger partial charge in [-0.05, 0) is 32.0 Å². The van der Waals surface area contributed by atoms with Crippen LogP contribution in [0.5, 0.6) is 0 Å². The Hall–Kier alpha value is -2.21. The van der Waals surface area contributed by atoms with Crippen molar-refractivity contribution in [3.63, 3.8) is 0 Å². The summed E-state index contributed by atoms with van der Waals surface area (Å²) in [6.07, 6.45) is 3.44. The summed E-state index contributed by atoms with van der Waals surface area (Å²) in [6, 6.07) is 5.72. The van der Waals surface area contributed by atoms with E-state index < -0.39 is 0 Å². The first-order chi connectivity index (χ1) is 9.63. The maximum Gasteiger partial charge on any atom is 0.137 e. The average Bonchev–Trinajstić information content (AvgIpc) is 2.86. The molecule has 1 atom stereocenters. The van der Waals surface area contributed by atoms with Crippen molar-refractivity contribution in [1.82, 2.24) is 15.0 Å². The monoisotopic (exact) mass is 285 g/mol. The summed E-state index contributed by atoms with van der Waals surface area (Å²) in [5, 5.41) is 5.35. The van der Waals surface area contributed by atoms with Gasteiger partial charge >= 0.3 is 0 Å². The van der Waals surface area contributed by atoms with Gasteiger partial charge in [0.05, 0.1) is 11.6 Å². The first kappa shape index (κ1) is 12.8. The van der Waals surface area contributed by atoms with E-state index in [1.807, 2.05) is 24.4 Å². The van der Waals surface area contributed by atoms with Gasteiger partial charge in [-0.1, -0.05) is 0 Å². The van der Waals surface area contributed by atoms with Crippen LogP contribution in [0.25, 0.3) is 10.9 Å². The number of thiazole rings is 1. The van der Waals surface area contributed by atoms with E-state index in [-0.39, 0.29) is 6.04 Å². The predicted molar refractivity (Wildman–Crippen MR) is 82.8 cm³/mol. The van der Waals surface area contributed by atoms with E-state index in [4.69, 9.17) is 5.73 Å². The van der Waals surface area contributed by atoms with Crippen molar-refractivity contribution < 1.29 is 0 Å². The Morgan fingerprint density at radius 3 is 2.85 bits per heavy atom. The molecule has 0 aliphatic rings. The zero-order valence-corrected chi connectivity index (χ0v) is 12.1. The molecule has 0 saturated heterocycles. The summed E-state index contributed by atoms with van der Waals surface area (Å²) in [4.78, 5) is 14.2.